The minimum atomic E-state index is -4.28. The van der Waals surface area contributed by atoms with Crippen LogP contribution in [0.3, 0.4) is 0 Å². The Morgan fingerprint density at radius 1 is 1.20 bits per heavy atom. The van der Waals surface area contributed by atoms with Crippen LogP contribution in [0.25, 0.3) is 0 Å². The first kappa shape index (κ1) is 15.3. The fourth-order valence-corrected chi connectivity index (χ4v) is 2.73. The van der Waals surface area contributed by atoms with Crippen LogP contribution in [0.5, 0.6) is 0 Å². The zero-order chi connectivity index (χ0) is 14.8. The third-order valence-electron chi connectivity index (χ3n) is 4.11. The predicted octanol–water partition coefficient (Wildman–Crippen LogP) is 3.44. The molecule has 5 heteroatoms. The van der Waals surface area contributed by atoms with Crippen molar-refractivity contribution >= 4 is 0 Å². The lowest BCUT2D eigenvalue weighted by atomic mass is 9.95. The van der Waals surface area contributed by atoms with Gasteiger partial charge in [0.15, 0.2) is 0 Å². The van der Waals surface area contributed by atoms with Crippen molar-refractivity contribution < 1.29 is 13.2 Å². The van der Waals surface area contributed by atoms with Crippen LogP contribution in [-0.2, 0) is 6.18 Å². The molecule has 20 heavy (non-hydrogen) atoms. The Labute approximate surface area is 117 Å². The molecule has 1 heterocycles. The number of hydrogen-bond acceptors (Lipinski definition) is 2. The molecule has 0 aliphatic carbocycles. The van der Waals surface area contributed by atoms with Gasteiger partial charge >= 0.3 is 6.18 Å². The molecule has 1 fully saturated rings. The van der Waals surface area contributed by atoms with E-state index >= 15 is 0 Å². The standard InChI is InChI=1S/C15H21F3N2/c1-11-6-8-20(9-7-11)14(10-19)12-2-4-13(5-3-12)15(16,17)18/h2-5,11,14H,6-10,19H2,1H3. The molecule has 1 saturated heterocycles. The van der Waals surface area contributed by atoms with Gasteiger partial charge in [0.1, 0.15) is 0 Å². The highest BCUT2D eigenvalue weighted by molar-refractivity contribution is 5.27. The maximum Gasteiger partial charge on any atom is 0.416 e. The van der Waals surface area contributed by atoms with Gasteiger partial charge in [0.05, 0.1) is 5.56 Å². The number of halogens is 3. The number of benzene rings is 1. The quantitative estimate of drug-likeness (QED) is 0.922. The maximum atomic E-state index is 12.6. The van der Waals surface area contributed by atoms with E-state index in [1.807, 2.05) is 0 Å². The van der Waals surface area contributed by atoms with Gasteiger partial charge < -0.3 is 5.73 Å². The lowest BCUT2D eigenvalue weighted by Gasteiger charge is -2.36. The van der Waals surface area contributed by atoms with Gasteiger partial charge in [0.2, 0.25) is 0 Å². The molecule has 1 aromatic rings. The first-order valence-corrected chi connectivity index (χ1v) is 7.03. The summed E-state index contributed by atoms with van der Waals surface area (Å²) >= 11 is 0. The third kappa shape index (κ3) is 3.52. The summed E-state index contributed by atoms with van der Waals surface area (Å²) in [5, 5.41) is 0. The number of piperidine rings is 1. The number of likely N-dealkylation sites (tertiary alicyclic amines) is 1. The van der Waals surface area contributed by atoms with E-state index in [4.69, 9.17) is 5.73 Å². The molecular weight excluding hydrogens is 265 g/mol. The summed E-state index contributed by atoms with van der Waals surface area (Å²) in [4.78, 5) is 2.28. The predicted molar refractivity (Wildman–Crippen MR) is 73.2 cm³/mol. The second kappa shape index (κ2) is 6.14. The van der Waals surface area contributed by atoms with Crippen molar-refractivity contribution in [3.8, 4) is 0 Å². The average Bonchev–Trinajstić information content (AvgIpc) is 2.41. The van der Waals surface area contributed by atoms with Crippen LogP contribution in [0.2, 0.25) is 0 Å². The van der Waals surface area contributed by atoms with Crippen LogP contribution in [0, 0.1) is 5.92 Å². The van der Waals surface area contributed by atoms with Crippen molar-refractivity contribution in [3.05, 3.63) is 35.4 Å². The van der Waals surface area contributed by atoms with E-state index in [2.05, 4.69) is 11.8 Å². The summed E-state index contributed by atoms with van der Waals surface area (Å²) in [5.41, 5.74) is 6.09. The van der Waals surface area contributed by atoms with Gasteiger partial charge in [-0.3, -0.25) is 4.90 Å². The lowest BCUT2D eigenvalue weighted by Crippen LogP contribution is -2.39. The fraction of sp³-hybridized carbons (Fsp3) is 0.600. The molecule has 0 aromatic heterocycles. The van der Waals surface area contributed by atoms with Crippen molar-refractivity contribution in [1.29, 1.82) is 0 Å². The number of hydrogen-bond donors (Lipinski definition) is 1. The van der Waals surface area contributed by atoms with E-state index in [0.29, 0.717) is 6.54 Å². The molecule has 0 radical (unpaired) electrons. The van der Waals surface area contributed by atoms with Crippen molar-refractivity contribution in [3.63, 3.8) is 0 Å². The topological polar surface area (TPSA) is 29.3 Å². The van der Waals surface area contributed by atoms with Crippen molar-refractivity contribution in [2.45, 2.75) is 32.0 Å². The second-order valence-corrected chi connectivity index (χ2v) is 5.59. The van der Waals surface area contributed by atoms with Crippen LogP contribution in [0.15, 0.2) is 24.3 Å². The van der Waals surface area contributed by atoms with Gasteiger partial charge in [-0.25, -0.2) is 0 Å². The van der Waals surface area contributed by atoms with Crippen molar-refractivity contribution in [2.24, 2.45) is 11.7 Å². The van der Waals surface area contributed by atoms with Crippen LogP contribution in [-0.4, -0.2) is 24.5 Å². The summed E-state index contributed by atoms with van der Waals surface area (Å²) in [6.07, 6.45) is -2.04. The van der Waals surface area contributed by atoms with E-state index in [-0.39, 0.29) is 6.04 Å². The molecule has 1 aliphatic heterocycles. The van der Waals surface area contributed by atoms with Gasteiger partial charge in [0.25, 0.3) is 0 Å². The molecule has 0 amide bonds. The summed E-state index contributed by atoms with van der Waals surface area (Å²) in [7, 11) is 0. The summed E-state index contributed by atoms with van der Waals surface area (Å²) in [6, 6.07) is 5.41. The average molecular weight is 286 g/mol. The number of nitrogens with zero attached hydrogens (tertiary/aromatic N) is 1. The molecule has 1 atom stereocenters. The highest BCUT2D eigenvalue weighted by atomic mass is 19.4. The van der Waals surface area contributed by atoms with Crippen LogP contribution >= 0.6 is 0 Å². The Hall–Kier alpha value is -1.07. The minimum absolute atomic E-state index is 0.0183. The SMILES string of the molecule is CC1CCN(C(CN)c2ccc(C(F)(F)F)cc2)CC1. The molecule has 2 rings (SSSR count). The van der Waals surface area contributed by atoms with Gasteiger partial charge in [-0.1, -0.05) is 19.1 Å². The fourth-order valence-electron chi connectivity index (χ4n) is 2.73. The molecule has 2 nitrogen and oxygen atoms in total. The third-order valence-corrected chi connectivity index (χ3v) is 4.11. The molecule has 1 aliphatic rings. The molecule has 0 saturated carbocycles. The van der Waals surface area contributed by atoms with E-state index < -0.39 is 11.7 Å². The molecule has 0 spiro atoms. The van der Waals surface area contributed by atoms with Gasteiger partial charge in [-0.05, 0) is 49.5 Å². The van der Waals surface area contributed by atoms with Crippen molar-refractivity contribution in [1.82, 2.24) is 4.90 Å². The van der Waals surface area contributed by atoms with Gasteiger partial charge in [0, 0.05) is 12.6 Å². The van der Waals surface area contributed by atoms with E-state index in [1.54, 1.807) is 12.1 Å². The zero-order valence-corrected chi connectivity index (χ0v) is 11.7. The van der Waals surface area contributed by atoms with Gasteiger partial charge in [-0.15, -0.1) is 0 Å². The summed E-state index contributed by atoms with van der Waals surface area (Å²) < 4.78 is 37.7. The van der Waals surface area contributed by atoms with Crippen LogP contribution < -0.4 is 5.73 Å². The highest BCUT2D eigenvalue weighted by Gasteiger charge is 2.31. The molecule has 0 bridgehead atoms. The first-order chi connectivity index (χ1) is 9.41. The largest absolute Gasteiger partial charge is 0.416 e. The number of alkyl halides is 3. The van der Waals surface area contributed by atoms with E-state index in [9.17, 15) is 13.2 Å². The van der Waals surface area contributed by atoms with E-state index in [1.165, 1.54) is 0 Å². The Kier molecular flexibility index (Phi) is 4.70. The van der Waals surface area contributed by atoms with Crippen LogP contribution in [0.4, 0.5) is 13.2 Å². The normalized spacial score (nSPS) is 20.1. The van der Waals surface area contributed by atoms with Crippen LogP contribution in [0.1, 0.15) is 36.9 Å². The Balaban J connectivity index is 2.11. The zero-order valence-electron chi connectivity index (χ0n) is 11.7. The molecule has 2 N–H and O–H groups in total. The number of nitrogens with two attached hydrogens (primary N) is 1. The monoisotopic (exact) mass is 286 g/mol. The Morgan fingerprint density at radius 2 is 1.75 bits per heavy atom. The summed E-state index contributed by atoms with van der Waals surface area (Å²) in [6.45, 7) is 4.58. The molecule has 112 valence electrons. The molecule has 1 unspecified atom stereocenters. The minimum Gasteiger partial charge on any atom is -0.329 e. The second-order valence-electron chi connectivity index (χ2n) is 5.59. The lowest BCUT2D eigenvalue weighted by molar-refractivity contribution is -0.137. The van der Waals surface area contributed by atoms with E-state index in [0.717, 1.165) is 49.5 Å². The smallest absolute Gasteiger partial charge is 0.329 e. The molecule has 1 aromatic carbocycles. The number of rotatable bonds is 3. The van der Waals surface area contributed by atoms with Crippen molar-refractivity contribution in [2.75, 3.05) is 19.6 Å². The Bertz CT molecular complexity index is 420. The Morgan fingerprint density at radius 3 is 2.20 bits per heavy atom. The van der Waals surface area contributed by atoms with Gasteiger partial charge in [-0.2, -0.15) is 13.2 Å². The maximum absolute atomic E-state index is 12.6. The molecular formula is C15H21F3N2. The first-order valence-electron chi connectivity index (χ1n) is 7.03. The highest BCUT2D eigenvalue weighted by Crippen LogP contribution is 2.31. The summed E-state index contributed by atoms with van der Waals surface area (Å²) in [5.74, 6) is 0.720.